The number of nitrogens with zero attached hydrogens (tertiary/aromatic N) is 2. The second-order valence-corrected chi connectivity index (χ2v) is 8.08. The van der Waals surface area contributed by atoms with Crippen LogP contribution in [0.4, 0.5) is 0 Å². The van der Waals surface area contributed by atoms with Gasteiger partial charge in [-0.15, -0.1) is 11.8 Å². The summed E-state index contributed by atoms with van der Waals surface area (Å²) >= 11 is 1.67. The van der Waals surface area contributed by atoms with Gasteiger partial charge in [0.1, 0.15) is 0 Å². The molecule has 2 heterocycles. The number of nitrogens with one attached hydrogen (secondary N) is 1. The molecule has 1 N–H and O–H groups in total. The first-order valence-corrected chi connectivity index (χ1v) is 10.3. The maximum atomic E-state index is 12.7. The molecule has 0 saturated carbocycles. The summed E-state index contributed by atoms with van der Waals surface area (Å²) < 4.78 is 0. The molecule has 1 aliphatic rings. The molecule has 2 amide bonds. The minimum absolute atomic E-state index is 0.0619. The monoisotopic (exact) mass is 383 g/mol. The lowest BCUT2D eigenvalue weighted by Gasteiger charge is -2.33. The molecule has 0 radical (unpaired) electrons. The molecule has 2 aromatic rings. The number of thioether (sulfide) groups is 1. The van der Waals surface area contributed by atoms with Crippen LogP contribution in [0.3, 0.4) is 0 Å². The lowest BCUT2D eigenvalue weighted by molar-refractivity contribution is -0.131. The number of benzene rings is 1. The van der Waals surface area contributed by atoms with Gasteiger partial charge in [-0.3, -0.25) is 14.6 Å². The summed E-state index contributed by atoms with van der Waals surface area (Å²) in [6, 6.07) is 13.7. The Labute approximate surface area is 164 Å². The third kappa shape index (κ3) is 5.57. The molecule has 142 valence electrons. The van der Waals surface area contributed by atoms with Crippen LogP contribution in [0.25, 0.3) is 0 Å². The topological polar surface area (TPSA) is 62.3 Å². The molecule has 5 nitrogen and oxygen atoms in total. The highest BCUT2D eigenvalue weighted by Gasteiger charge is 2.27. The molecule has 0 unspecified atom stereocenters. The second-order valence-electron chi connectivity index (χ2n) is 6.75. The van der Waals surface area contributed by atoms with Crippen LogP contribution in [0.5, 0.6) is 0 Å². The van der Waals surface area contributed by atoms with Crippen LogP contribution in [0.15, 0.2) is 54.9 Å². The van der Waals surface area contributed by atoms with Crippen molar-refractivity contribution in [1.29, 1.82) is 0 Å². The van der Waals surface area contributed by atoms with Gasteiger partial charge in [0.15, 0.2) is 0 Å². The third-order valence-electron chi connectivity index (χ3n) is 4.77. The van der Waals surface area contributed by atoms with Crippen LogP contribution < -0.4 is 5.32 Å². The molecule has 1 aromatic carbocycles. The first kappa shape index (κ1) is 19.4. The van der Waals surface area contributed by atoms with Gasteiger partial charge in [-0.2, -0.15) is 0 Å². The van der Waals surface area contributed by atoms with E-state index in [0.29, 0.717) is 18.7 Å². The van der Waals surface area contributed by atoms with Gasteiger partial charge in [0.05, 0.1) is 5.25 Å². The molecule has 0 bridgehead atoms. The summed E-state index contributed by atoms with van der Waals surface area (Å²) in [5.74, 6) is 0.954. The number of aromatic nitrogens is 1. The highest BCUT2D eigenvalue weighted by atomic mass is 32.2. The van der Waals surface area contributed by atoms with E-state index in [1.807, 2.05) is 30.0 Å². The highest BCUT2D eigenvalue weighted by Crippen LogP contribution is 2.21. The number of rotatable bonds is 6. The van der Waals surface area contributed by atoms with Gasteiger partial charge >= 0.3 is 0 Å². The number of hydrogen-bond acceptors (Lipinski definition) is 4. The van der Waals surface area contributed by atoms with Gasteiger partial charge in [0.2, 0.25) is 5.91 Å². The molecule has 1 fully saturated rings. The van der Waals surface area contributed by atoms with Crippen molar-refractivity contribution in [3.63, 3.8) is 0 Å². The van der Waals surface area contributed by atoms with E-state index >= 15 is 0 Å². The molecule has 1 saturated heterocycles. The second kappa shape index (κ2) is 9.55. The smallest absolute Gasteiger partial charge is 0.251 e. The van der Waals surface area contributed by atoms with E-state index in [1.54, 1.807) is 36.3 Å². The maximum absolute atomic E-state index is 12.7. The van der Waals surface area contributed by atoms with Crippen LogP contribution in [-0.2, 0) is 10.5 Å². The number of hydrogen-bond donors (Lipinski definition) is 1. The largest absolute Gasteiger partial charge is 0.349 e. The number of carbonyl (C=O) groups is 2. The Balaban J connectivity index is 1.42. The zero-order valence-electron chi connectivity index (χ0n) is 15.5. The van der Waals surface area contributed by atoms with Crippen molar-refractivity contribution in [3.05, 3.63) is 66.0 Å². The molecule has 0 aliphatic carbocycles. The minimum Gasteiger partial charge on any atom is -0.349 e. The first-order chi connectivity index (χ1) is 13.1. The first-order valence-electron chi connectivity index (χ1n) is 9.28. The number of likely N-dealkylation sites (tertiary alicyclic amines) is 1. The van der Waals surface area contributed by atoms with E-state index in [2.05, 4.69) is 22.4 Å². The summed E-state index contributed by atoms with van der Waals surface area (Å²) in [7, 11) is 0. The van der Waals surface area contributed by atoms with E-state index in [-0.39, 0.29) is 23.1 Å². The molecule has 1 aliphatic heterocycles. The van der Waals surface area contributed by atoms with E-state index in [1.165, 1.54) is 5.56 Å². The van der Waals surface area contributed by atoms with Crippen molar-refractivity contribution >= 4 is 23.6 Å². The van der Waals surface area contributed by atoms with Gasteiger partial charge in [-0.05, 0) is 37.5 Å². The molecule has 3 rings (SSSR count). The van der Waals surface area contributed by atoms with Crippen molar-refractivity contribution in [2.24, 2.45) is 0 Å². The summed E-state index contributed by atoms with van der Waals surface area (Å²) in [6.07, 6.45) is 4.81. The van der Waals surface area contributed by atoms with Crippen molar-refractivity contribution in [1.82, 2.24) is 15.2 Å². The van der Waals surface area contributed by atoms with E-state index in [4.69, 9.17) is 0 Å². The summed E-state index contributed by atoms with van der Waals surface area (Å²) in [4.78, 5) is 30.8. The molecular formula is C21H25N3O2S. The fourth-order valence-corrected chi connectivity index (χ4v) is 4.07. The van der Waals surface area contributed by atoms with E-state index < -0.39 is 0 Å². The molecule has 1 aromatic heterocycles. The summed E-state index contributed by atoms with van der Waals surface area (Å²) in [6.45, 7) is 3.36. The number of carbonyl (C=O) groups excluding carboxylic acids is 2. The molecule has 1 atom stereocenters. The van der Waals surface area contributed by atoms with Crippen LogP contribution in [0.1, 0.15) is 35.7 Å². The van der Waals surface area contributed by atoms with E-state index in [9.17, 15) is 9.59 Å². The molecule has 6 heteroatoms. The SMILES string of the molecule is C[C@@H](SCc1ccccc1)C(=O)N1CCC(NC(=O)c2ccncc2)CC1. The van der Waals surface area contributed by atoms with Crippen LogP contribution >= 0.6 is 11.8 Å². The summed E-state index contributed by atoms with van der Waals surface area (Å²) in [5.41, 5.74) is 1.86. The van der Waals surface area contributed by atoms with Gasteiger partial charge in [0.25, 0.3) is 5.91 Å². The Morgan fingerprint density at radius 2 is 1.81 bits per heavy atom. The zero-order chi connectivity index (χ0) is 19.1. The zero-order valence-corrected chi connectivity index (χ0v) is 16.3. The van der Waals surface area contributed by atoms with Crippen molar-refractivity contribution in [3.8, 4) is 0 Å². The molecule has 0 spiro atoms. The predicted molar refractivity (Wildman–Crippen MR) is 109 cm³/mol. The van der Waals surface area contributed by atoms with Crippen molar-refractivity contribution in [2.45, 2.75) is 36.8 Å². The quantitative estimate of drug-likeness (QED) is 0.833. The number of pyridine rings is 1. The summed E-state index contributed by atoms with van der Waals surface area (Å²) in [5, 5.41) is 3.00. The normalized spacial score (nSPS) is 16.0. The Bertz CT molecular complexity index is 747. The van der Waals surface area contributed by atoms with E-state index in [0.717, 1.165) is 18.6 Å². The average molecular weight is 384 g/mol. The minimum atomic E-state index is -0.0750. The standard InChI is InChI=1S/C21H25N3O2S/c1-16(27-15-17-5-3-2-4-6-17)21(26)24-13-9-19(10-14-24)23-20(25)18-7-11-22-12-8-18/h2-8,11-12,16,19H,9-10,13-15H2,1H3,(H,23,25)/t16-/m1/s1. The Hall–Kier alpha value is -2.34. The average Bonchev–Trinajstić information content (AvgIpc) is 2.73. The van der Waals surface area contributed by atoms with Crippen molar-refractivity contribution < 1.29 is 9.59 Å². The lowest BCUT2D eigenvalue weighted by Crippen LogP contribution is -2.48. The Morgan fingerprint density at radius 3 is 2.48 bits per heavy atom. The predicted octanol–water partition coefficient (Wildman–Crippen LogP) is 3.12. The van der Waals surface area contributed by atoms with Crippen LogP contribution in [0.2, 0.25) is 0 Å². The highest BCUT2D eigenvalue weighted by molar-refractivity contribution is 7.99. The van der Waals surface area contributed by atoms with Crippen LogP contribution in [-0.4, -0.2) is 46.1 Å². The Kier molecular flexibility index (Phi) is 6.87. The van der Waals surface area contributed by atoms with Gasteiger partial charge in [-0.25, -0.2) is 0 Å². The fourth-order valence-electron chi connectivity index (χ4n) is 3.14. The third-order valence-corrected chi connectivity index (χ3v) is 5.98. The fraction of sp³-hybridized carbons (Fsp3) is 0.381. The lowest BCUT2D eigenvalue weighted by atomic mass is 10.0. The van der Waals surface area contributed by atoms with Crippen molar-refractivity contribution in [2.75, 3.05) is 13.1 Å². The number of amides is 2. The van der Waals surface area contributed by atoms with Crippen LogP contribution in [0, 0.1) is 0 Å². The molecule has 27 heavy (non-hydrogen) atoms. The van der Waals surface area contributed by atoms with Gasteiger partial charge < -0.3 is 10.2 Å². The Morgan fingerprint density at radius 1 is 1.15 bits per heavy atom. The maximum Gasteiger partial charge on any atom is 0.251 e. The van der Waals surface area contributed by atoms with Gasteiger partial charge in [-0.1, -0.05) is 30.3 Å². The molecular weight excluding hydrogens is 358 g/mol. The number of piperidine rings is 1. The van der Waals surface area contributed by atoms with Gasteiger partial charge in [0, 0.05) is 42.8 Å².